The van der Waals surface area contributed by atoms with Crippen molar-refractivity contribution in [3.05, 3.63) is 0 Å². The van der Waals surface area contributed by atoms with E-state index in [0.29, 0.717) is 17.7 Å². The van der Waals surface area contributed by atoms with Crippen molar-refractivity contribution >= 4 is 5.91 Å². The highest BCUT2D eigenvalue weighted by Crippen LogP contribution is 2.20. The molecule has 3 heteroatoms. The van der Waals surface area contributed by atoms with Gasteiger partial charge in [0.15, 0.2) is 0 Å². The Bertz CT molecular complexity index is 224. The third-order valence-electron chi connectivity index (χ3n) is 3.64. The van der Waals surface area contributed by atoms with Gasteiger partial charge in [-0.05, 0) is 44.2 Å². The second-order valence-corrected chi connectivity index (χ2v) is 5.15. The van der Waals surface area contributed by atoms with E-state index in [1.54, 1.807) is 0 Å². The molecule has 0 aliphatic carbocycles. The van der Waals surface area contributed by atoms with E-state index in [1.807, 2.05) is 0 Å². The van der Waals surface area contributed by atoms with E-state index in [9.17, 15) is 4.79 Å². The fourth-order valence-corrected chi connectivity index (χ4v) is 2.64. The Labute approximate surface area is 92.2 Å². The first kappa shape index (κ1) is 10.9. The summed E-state index contributed by atoms with van der Waals surface area (Å²) >= 11 is 0. The molecule has 2 heterocycles. The number of amides is 1. The normalized spacial score (nSPS) is 31.9. The zero-order valence-electron chi connectivity index (χ0n) is 9.67. The molecular formula is C12H22N2O. The van der Waals surface area contributed by atoms with Crippen LogP contribution in [0.2, 0.25) is 0 Å². The largest absolute Gasteiger partial charge is 0.342 e. The van der Waals surface area contributed by atoms with Crippen LogP contribution in [-0.4, -0.2) is 37.0 Å². The summed E-state index contributed by atoms with van der Waals surface area (Å²) in [4.78, 5) is 14.0. The van der Waals surface area contributed by atoms with Gasteiger partial charge in [0.05, 0.1) is 0 Å². The van der Waals surface area contributed by atoms with Crippen molar-refractivity contribution in [1.82, 2.24) is 10.2 Å². The Kier molecular flexibility index (Phi) is 3.62. The number of hydrogen-bond donors (Lipinski definition) is 1. The van der Waals surface area contributed by atoms with E-state index in [1.165, 1.54) is 19.3 Å². The molecule has 0 bridgehead atoms. The van der Waals surface area contributed by atoms with Crippen molar-refractivity contribution in [3.8, 4) is 0 Å². The van der Waals surface area contributed by atoms with Gasteiger partial charge >= 0.3 is 0 Å². The fraction of sp³-hybridized carbons (Fsp3) is 0.917. The highest BCUT2D eigenvalue weighted by molar-refractivity contribution is 5.76. The lowest BCUT2D eigenvalue weighted by molar-refractivity contribution is -0.131. The first-order chi connectivity index (χ1) is 7.25. The van der Waals surface area contributed by atoms with E-state index < -0.39 is 0 Å². The van der Waals surface area contributed by atoms with E-state index in [2.05, 4.69) is 17.1 Å². The molecule has 0 spiro atoms. The predicted octanol–water partition coefficient (Wildman–Crippen LogP) is 1.24. The first-order valence-electron chi connectivity index (χ1n) is 6.24. The number of hydrogen-bond acceptors (Lipinski definition) is 2. The van der Waals surface area contributed by atoms with Gasteiger partial charge in [-0.1, -0.05) is 6.92 Å². The Balaban J connectivity index is 1.76. The molecule has 1 N–H and O–H groups in total. The maximum absolute atomic E-state index is 12.0. The quantitative estimate of drug-likeness (QED) is 0.744. The van der Waals surface area contributed by atoms with Gasteiger partial charge in [0.25, 0.3) is 0 Å². The van der Waals surface area contributed by atoms with Crippen molar-refractivity contribution in [3.63, 3.8) is 0 Å². The number of carbonyl (C=O) groups is 1. The topological polar surface area (TPSA) is 32.3 Å². The number of likely N-dealkylation sites (tertiary alicyclic amines) is 1. The molecule has 2 rings (SSSR count). The molecule has 2 unspecified atom stereocenters. The molecule has 86 valence electrons. The van der Waals surface area contributed by atoms with Gasteiger partial charge in [-0.2, -0.15) is 0 Å². The van der Waals surface area contributed by atoms with Crippen molar-refractivity contribution < 1.29 is 4.79 Å². The average Bonchev–Trinajstić information content (AvgIpc) is 2.66. The predicted molar refractivity (Wildman–Crippen MR) is 60.6 cm³/mol. The SMILES string of the molecule is CC1CCN(C(=O)CC2CCCNC2)C1. The fourth-order valence-electron chi connectivity index (χ4n) is 2.64. The Hall–Kier alpha value is -0.570. The zero-order valence-corrected chi connectivity index (χ0v) is 9.67. The van der Waals surface area contributed by atoms with E-state index in [-0.39, 0.29) is 0 Å². The van der Waals surface area contributed by atoms with E-state index >= 15 is 0 Å². The summed E-state index contributed by atoms with van der Waals surface area (Å²) in [6, 6.07) is 0. The molecule has 0 saturated carbocycles. The van der Waals surface area contributed by atoms with Crippen LogP contribution in [0.25, 0.3) is 0 Å². The number of nitrogens with one attached hydrogen (secondary N) is 1. The standard InChI is InChI=1S/C12H22N2O/c1-10-4-6-14(9-10)12(15)7-11-3-2-5-13-8-11/h10-11,13H,2-9H2,1H3. The van der Waals surface area contributed by atoms with Crippen molar-refractivity contribution in [2.24, 2.45) is 11.8 Å². The molecule has 15 heavy (non-hydrogen) atoms. The van der Waals surface area contributed by atoms with Crippen molar-refractivity contribution in [2.45, 2.75) is 32.6 Å². The van der Waals surface area contributed by atoms with Gasteiger partial charge in [0, 0.05) is 19.5 Å². The molecule has 3 nitrogen and oxygen atoms in total. The van der Waals surface area contributed by atoms with Gasteiger partial charge < -0.3 is 10.2 Å². The third-order valence-corrected chi connectivity index (χ3v) is 3.64. The minimum Gasteiger partial charge on any atom is -0.342 e. The summed E-state index contributed by atoms with van der Waals surface area (Å²) in [6.07, 6.45) is 4.41. The summed E-state index contributed by atoms with van der Waals surface area (Å²) in [6.45, 7) is 6.37. The van der Waals surface area contributed by atoms with Crippen LogP contribution >= 0.6 is 0 Å². The van der Waals surface area contributed by atoms with Crippen molar-refractivity contribution in [2.75, 3.05) is 26.2 Å². The molecule has 2 saturated heterocycles. The third kappa shape index (κ3) is 2.94. The summed E-state index contributed by atoms with van der Waals surface area (Å²) in [5.74, 6) is 1.67. The lowest BCUT2D eigenvalue weighted by Gasteiger charge is -2.24. The number of carbonyl (C=O) groups excluding carboxylic acids is 1. The first-order valence-corrected chi connectivity index (χ1v) is 6.24. The van der Waals surface area contributed by atoms with Gasteiger partial charge in [-0.25, -0.2) is 0 Å². The second-order valence-electron chi connectivity index (χ2n) is 5.15. The van der Waals surface area contributed by atoms with E-state index in [0.717, 1.165) is 32.6 Å². The summed E-state index contributed by atoms with van der Waals surface area (Å²) < 4.78 is 0. The summed E-state index contributed by atoms with van der Waals surface area (Å²) in [5.41, 5.74) is 0. The van der Waals surface area contributed by atoms with Gasteiger partial charge in [-0.15, -0.1) is 0 Å². The van der Waals surface area contributed by atoms with Crippen LogP contribution in [0.15, 0.2) is 0 Å². The van der Waals surface area contributed by atoms with Crippen LogP contribution in [0.1, 0.15) is 32.6 Å². The van der Waals surface area contributed by atoms with Crippen LogP contribution < -0.4 is 5.32 Å². The van der Waals surface area contributed by atoms with Crippen LogP contribution in [0.5, 0.6) is 0 Å². The molecule has 2 aliphatic rings. The van der Waals surface area contributed by atoms with Crippen LogP contribution in [0.3, 0.4) is 0 Å². The summed E-state index contributed by atoms with van der Waals surface area (Å²) in [7, 11) is 0. The van der Waals surface area contributed by atoms with Crippen molar-refractivity contribution in [1.29, 1.82) is 0 Å². The Morgan fingerprint density at radius 2 is 2.33 bits per heavy atom. The second kappa shape index (κ2) is 4.97. The molecule has 0 aromatic carbocycles. The van der Waals surface area contributed by atoms with Gasteiger partial charge in [0.1, 0.15) is 0 Å². The number of piperidine rings is 1. The average molecular weight is 210 g/mol. The van der Waals surface area contributed by atoms with Crippen LogP contribution in [-0.2, 0) is 4.79 Å². The highest BCUT2D eigenvalue weighted by Gasteiger charge is 2.25. The maximum atomic E-state index is 12.0. The molecule has 0 aromatic rings. The molecule has 2 aliphatic heterocycles. The van der Waals surface area contributed by atoms with Gasteiger partial charge in [-0.3, -0.25) is 4.79 Å². The lowest BCUT2D eigenvalue weighted by Crippen LogP contribution is -2.35. The molecule has 2 atom stereocenters. The molecule has 1 amide bonds. The monoisotopic (exact) mass is 210 g/mol. The molecular weight excluding hydrogens is 188 g/mol. The molecule has 0 radical (unpaired) electrons. The Morgan fingerprint density at radius 1 is 1.47 bits per heavy atom. The Morgan fingerprint density at radius 3 is 2.93 bits per heavy atom. The highest BCUT2D eigenvalue weighted by atomic mass is 16.2. The number of nitrogens with zero attached hydrogens (tertiary/aromatic N) is 1. The maximum Gasteiger partial charge on any atom is 0.222 e. The van der Waals surface area contributed by atoms with Crippen LogP contribution in [0.4, 0.5) is 0 Å². The molecule has 0 aromatic heterocycles. The van der Waals surface area contributed by atoms with Crippen LogP contribution in [0, 0.1) is 11.8 Å². The zero-order chi connectivity index (χ0) is 10.7. The lowest BCUT2D eigenvalue weighted by atomic mass is 9.96. The summed E-state index contributed by atoms with van der Waals surface area (Å²) in [5, 5.41) is 3.37. The smallest absolute Gasteiger partial charge is 0.222 e. The molecule has 2 fully saturated rings. The van der Waals surface area contributed by atoms with Gasteiger partial charge in [0.2, 0.25) is 5.91 Å². The van der Waals surface area contributed by atoms with E-state index in [4.69, 9.17) is 0 Å². The minimum absolute atomic E-state index is 0.382. The number of rotatable bonds is 2. The minimum atomic E-state index is 0.382.